The van der Waals surface area contributed by atoms with Crippen LogP contribution in [0.3, 0.4) is 0 Å². The van der Waals surface area contributed by atoms with Crippen molar-refractivity contribution in [1.82, 2.24) is 0 Å². The van der Waals surface area contributed by atoms with Gasteiger partial charge in [-0.25, -0.2) is 0 Å². The Hall–Kier alpha value is -5.08. The first-order valence-corrected chi connectivity index (χ1v) is 9.98. The molecule has 2 N–H and O–H groups in total. The summed E-state index contributed by atoms with van der Waals surface area (Å²) in [6, 6.07) is 11.4. The maximum atomic E-state index is 13.5. The second kappa shape index (κ2) is 10.7. The first-order valence-electron chi connectivity index (χ1n) is 9.98. The Morgan fingerprint density at radius 1 is 0.784 bits per heavy atom. The van der Waals surface area contributed by atoms with Crippen molar-refractivity contribution in [1.29, 1.82) is 0 Å². The number of anilines is 2. The predicted octanol–water partition coefficient (Wildman–Crippen LogP) is 5.24. The number of hydrogen-bond acceptors (Lipinski definition) is 7. The topological polar surface area (TPSA) is 154 Å². The van der Waals surface area contributed by atoms with E-state index in [0.717, 1.165) is 66.7 Å². The number of nitrogens with one attached hydrogen (secondary N) is 2. The summed E-state index contributed by atoms with van der Waals surface area (Å²) in [6.45, 7) is 0. The van der Waals surface area contributed by atoms with Crippen LogP contribution in [0.1, 0.15) is 20.7 Å². The molecular formula is C22H14F4N4O7. The first-order chi connectivity index (χ1) is 17.4. The highest BCUT2D eigenvalue weighted by Crippen LogP contribution is 2.35. The number of carbonyl (C=O) groups is 2. The van der Waals surface area contributed by atoms with Crippen LogP contribution in [0.2, 0.25) is 0 Å². The summed E-state index contributed by atoms with van der Waals surface area (Å²) in [7, 11) is 0. The minimum Gasteiger partial charge on any atom is -0.426 e. The lowest BCUT2D eigenvalue weighted by molar-refractivity contribution is -0.385. The van der Waals surface area contributed by atoms with Gasteiger partial charge in [0.05, 0.1) is 15.5 Å². The number of benzene rings is 3. The lowest BCUT2D eigenvalue weighted by Crippen LogP contribution is -2.33. The van der Waals surface area contributed by atoms with Crippen molar-refractivity contribution in [2.75, 3.05) is 10.6 Å². The van der Waals surface area contributed by atoms with Crippen LogP contribution in [-0.4, -0.2) is 34.2 Å². The van der Waals surface area contributed by atoms with Crippen LogP contribution in [0, 0.1) is 20.2 Å². The van der Waals surface area contributed by atoms with E-state index >= 15 is 0 Å². The number of rotatable bonds is 9. The predicted molar refractivity (Wildman–Crippen MR) is 120 cm³/mol. The van der Waals surface area contributed by atoms with Gasteiger partial charge in [0.1, 0.15) is 5.75 Å². The molecule has 0 saturated heterocycles. The summed E-state index contributed by atoms with van der Waals surface area (Å²) in [5.74, 6) is -2.60. The smallest absolute Gasteiger partial charge is 0.426 e. The number of non-ortho nitro benzene ring substituents is 2. The minimum absolute atomic E-state index is 0.00775. The summed E-state index contributed by atoms with van der Waals surface area (Å²) in [6.07, 6.45) is -9.12. The molecule has 0 unspecified atom stereocenters. The zero-order chi connectivity index (χ0) is 27.3. The van der Waals surface area contributed by atoms with Crippen molar-refractivity contribution >= 4 is 34.6 Å². The molecule has 15 heteroatoms. The maximum absolute atomic E-state index is 13.5. The highest BCUT2D eigenvalue weighted by molar-refractivity contribution is 6.07. The Morgan fingerprint density at radius 2 is 1.24 bits per heavy atom. The van der Waals surface area contributed by atoms with Crippen molar-refractivity contribution in [3.8, 4) is 5.75 Å². The van der Waals surface area contributed by atoms with Gasteiger partial charge in [0.2, 0.25) is 0 Å². The Kier molecular flexibility index (Phi) is 7.65. The zero-order valence-corrected chi connectivity index (χ0v) is 18.2. The monoisotopic (exact) mass is 522 g/mol. The standard InChI is InChI=1S/C22H14F4N4O7/c23-21(24)22(25,26)37-18-10-5-14(27-19(31)12-1-6-15(7-2-12)29(33)34)11-17(18)28-20(32)13-3-8-16(9-4-13)30(35)36/h1-11,21H,(H,27,31)(H,28,32). The molecule has 3 aromatic rings. The molecule has 0 radical (unpaired) electrons. The molecule has 0 bridgehead atoms. The fourth-order valence-corrected chi connectivity index (χ4v) is 2.85. The van der Waals surface area contributed by atoms with E-state index in [1.165, 1.54) is 0 Å². The third kappa shape index (κ3) is 6.53. The van der Waals surface area contributed by atoms with Gasteiger partial charge in [-0.15, -0.1) is 0 Å². The highest BCUT2D eigenvalue weighted by Gasteiger charge is 2.44. The van der Waals surface area contributed by atoms with E-state index < -0.39 is 45.6 Å². The van der Waals surface area contributed by atoms with Gasteiger partial charge in [-0.2, -0.15) is 17.6 Å². The summed E-state index contributed by atoms with van der Waals surface area (Å²) < 4.78 is 56.5. The van der Waals surface area contributed by atoms with Gasteiger partial charge in [0.15, 0.2) is 0 Å². The minimum atomic E-state index is -4.92. The van der Waals surface area contributed by atoms with Crippen molar-refractivity contribution in [2.24, 2.45) is 0 Å². The van der Waals surface area contributed by atoms with Gasteiger partial charge >= 0.3 is 12.5 Å². The molecule has 0 saturated carbocycles. The number of hydrogen-bond donors (Lipinski definition) is 2. The number of nitrogens with zero attached hydrogens (tertiary/aromatic N) is 2. The van der Waals surface area contributed by atoms with E-state index in [2.05, 4.69) is 15.4 Å². The Bertz CT molecular complexity index is 1350. The molecule has 37 heavy (non-hydrogen) atoms. The lowest BCUT2D eigenvalue weighted by atomic mass is 10.1. The lowest BCUT2D eigenvalue weighted by Gasteiger charge is -2.20. The average Bonchev–Trinajstić information content (AvgIpc) is 2.85. The maximum Gasteiger partial charge on any atom is 0.461 e. The van der Waals surface area contributed by atoms with Gasteiger partial charge in [-0.1, -0.05) is 0 Å². The molecular weight excluding hydrogens is 508 g/mol. The zero-order valence-electron chi connectivity index (χ0n) is 18.2. The number of amides is 2. The van der Waals surface area contributed by atoms with Crippen LogP contribution >= 0.6 is 0 Å². The molecule has 0 aliphatic carbocycles. The van der Waals surface area contributed by atoms with Crippen molar-refractivity contribution < 1.29 is 41.7 Å². The fourth-order valence-electron chi connectivity index (χ4n) is 2.85. The largest absolute Gasteiger partial charge is 0.461 e. The Morgan fingerprint density at radius 3 is 1.68 bits per heavy atom. The van der Waals surface area contributed by atoms with Gasteiger partial charge in [0, 0.05) is 41.1 Å². The van der Waals surface area contributed by atoms with Crippen LogP contribution in [0.25, 0.3) is 0 Å². The number of nitro benzene ring substituents is 2. The van der Waals surface area contributed by atoms with E-state index in [4.69, 9.17) is 0 Å². The molecule has 3 aromatic carbocycles. The molecule has 3 rings (SSSR count). The van der Waals surface area contributed by atoms with Gasteiger partial charge in [0.25, 0.3) is 23.2 Å². The van der Waals surface area contributed by atoms with Crippen LogP contribution < -0.4 is 15.4 Å². The SMILES string of the molecule is O=C(Nc1ccc(OC(F)(F)C(F)F)c(NC(=O)c2ccc([N+](=O)[O-])cc2)c1)c1ccc([N+](=O)[O-])cc1. The number of halogens is 4. The van der Waals surface area contributed by atoms with Crippen LogP contribution in [0.15, 0.2) is 66.7 Å². The molecule has 11 nitrogen and oxygen atoms in total. The molecule has 0 atom stereocenters. The van der Waals surface area contributed by atoms with E-state index in [9.17, 15) is 47.4 Å². The van der Waals surface area contributed by atoms with E-state index in [1.807, 2.05) is 0 Å². The normalized spacial score (nSPS) is 11.1. The first kappa shape index (κ1) is 26.5. The average molecular weight is 522 g/mol. The summed E-state index contributed by atoms with van der Waals surface area (Å²) in [4.78, 5) is 45.2. The van der Waals surface area contributed by atoms with E-state index in [-0.39, 0.29) is 28.2 Å². The van der Waals surface area contributed by atoms with Gasteiger partial charge in [-0.3, -0.25) is 29.8 Å². The second-order valence-corrected chi connectivity index (χ2v) is 7.19. The number of alkyl halides is 4. The van der Waals surface area contributed by atoms with Crippen LogP contribution in [0.4, 0.5) is 40.3 Å². The molecule has 0 aromatic heterocycles. The molecule has 0 fully saturated rings. The number of carbonyl (C=O) groups excluding carboxylic acids is 2. The molecule has 0 spiro atoms. The quantitative estimate of drug-likeness (QED) is 0.221. The van der Waals surface area contributed by atoms with Crippen LogP contribution in [-0.2, 0) is 0 Å². The van der Waals surface area contributed by atoms with E-state index in [1.54, 1.807) is 0 Å². The van der Waals surface area contributed by atoms with Gasteiger partial charge in [-0.05, 0) is 42.5 Å². The molecule has 0 heterocycles. The van der Waals surface area contributed by atoms with E-state index in [0.29, 0.717) is 0 Å². The van der Waals surface area contributed by atoms with Gasteiger partial charge < -0.3 is 15.4 Å². The molecule has 0 aliphatic rings. The van der Waals surface area contributed by atoms with Crippen molar-refractivity contribution in [2.45, 2.75) is 12.5 Å². The number of nitro groups is 2. The highest BCUT2D eigenvalue weighted by atomic mass is 19.3. The van der Waals surface area contributed by atoms with Crippen LogP contribution in [0.5, 0.6) is 5.75 Å². The summed E-state index contributed by atoms with van der Waals surface area (Å²) in [5, 5.41) is 26.1. The van der Waals surface area contributed by atoms with Crippen molar-refractivity contribution in [3.63, 3.8) is 0 Å². The Labute approximate surface area is 204 Å². The molecule has 0 aliphatic heterocycles. The fraction of sp³-hybridized carbons (Fsp3) is 0.0909. The number of ether oxygens (including phenoxy) is 1. The second-order valence-electron chi connectivity index (χ2n) is 7.19. The summed E-state index contributed by atoms with van der Waals surface area (Å²) in [5.41, 5.74) is -1.37. The molecule has 192 valence electrons. The van der Waals surface area contributed by atoms with Crippen molar-refractivity contribution in [3.05, 3.63) is 98.1 Å². The molecule has 2 amide bonds. The Balaban J connectivity index is 1.89. The third-order valence-electron chi connectivity index (χ3n) is 4.67. The summed E-state index contributed by atoms with van der Waals surface area (Å²) >= 11 is 0. The third-order valence-corrected chi connectivity index (χ3v) is 4.67.